The number of hydrogen-bond donors (Lipinski definition) is 1. The first kappa shape index (κ1) is 15.0. The highest BCUT2D eigenvalue weighted by atomic mass is 19.1. The highest BCUT2D eigenvalue weighted by Crippen LogP contribution is 2.17. The molecule has 1 aromatic carbocycles. The number of halogens is 1. The van der Waals surface area contributed by atoms with Crippen LogP contribution in [0.25, 0.3) is 5.57 Å². The van der Waals surface area contributed by atoms with E-state index in [0.29, 0.717) is 17.7 Å². The molecule has 0 fully saturated rings. The Balaban J connectivity index is 2.02. The highest BCUT2D eigenvalue weighted by molar-refractivity contribution is 5.94. The molecule has 2 rings (SSSR count). The Hall–Kier alpha value is -2.36. The second kappa shape index (κ2) is 6.39. The summed E-state index contributed by atoms with van der Waals surface area (Å²) in [7, 11) is 0. The van der Waals surface area contributed by atoms with Gasteiger partial charge in [0.25, 0.3) is 0 Å². The first-order chi connectivity index (χ1) is 9.97. The zero-order valence-corrected chi connectivity index (χ0v) is 12.4. The lowest BCUT2D eigenvalue weighted by atomic mass is 10.1. The topological polar surface area (TPSA) is 42.2 Å². The minimum atomic E-state index is -0.333. The largest absolute Gasteiger partial charge is 0.466 e. The summed E-state index contributed by atoms with van der Waals surface area (Å²) in [4.78, 5) is 11.9. The molecule has 110 valence electrons. The van der Waals surface area contributed by atoms with Crippen LogP contribution in [0.1, 0.15) is 29.6 Å². The van der Waals surface area contributed by atoms with Gasteiger partial charge in [0.2, 0.25) is 5.91 Å². The van der Waals surface area contributed by atoms with E-state index in [9.17, 15) is 9.18 Å². The average Bonchev–Trinajstić information content (AvgIpc) is 2.75. The van der Waals surface area contributed by atoms with Crippen LogP contribution >= 0.6 is 0 Å². The fourth-order valence-electron chi connectivity index (χ4n) is 2.15. The predicted molar refractivity (Wildman–Crippen MR) is 80.1 cm³/mol. The van der Waals surface area contributed by atoms with E-state index in [1.807, 2.05) is 19.9 Å². The van der Waals surface area contributed by atoms with Crippen LogP contribution in [0.15, 0.2) is 40.8 Å². The molecule has 0 radical (unpaired) electrons. The van der Waals surface area contributed by atoms with Crippen molar-refractivity contribution in [1.29, 1.82) is 0 Å². The SMILES string of the molecule is C/C(=C/C(=O)NCc1cc(C)oc1C)c1ccccc1F. The van der Waals surface area contributed by atoms with E-state index in [1.54, 1.807) is 25.1 Å². The number of hydrogen-bond acceptors (Lipinski definition) is 2. The van der Waals surface area contributed by atoms with Gasteiger partial charge in [-0.2, -0.15) is 0 Å². The third-order valence-corrected chi connectivity index (χ3v) is 3.24. The monoisotopic (exact) mass is 287 g/mol. The highest BCUT2D eigenvalue weighted by Gasteiger charge is 2.07. The van der Waals surface area contributed by atoms with Crippen LogP contribution in [-0.4, -0.2) is 5.91 Å². The molecule has 0 aliphatic rings. The third-order valence-electron chi connectivity index (χ3n) is 3.24. The van der Waals surface area contributed by atoms with Crippen molar-refractivity contribution in [3.63, 3.8) is 0 Å². The maximum atomic E-state index is 13.6. The lowest BCUT2D eigenvalue weighted by molar-refractivity contribution is -0.116. The van der Waals surface area contributed by atoms with E-state index in [-0.39, 0.29) is 11.7 Å². The molecule has 1 amide bonds. The molecule has 0 aliphatic heterocycles. The number of amides is 1. The summed E-state index contributed by atoms with van der Waals surface area (Å²) >= 11 is 0. The maximum absolute atomic E-state index is 13.6. The Labute approximate surface area is 123 Å². The number of allylic oxidation sites excluding steroid dienone is 1. The van der Waals surface area contributed by atoms with Crippen LogP contribution in [0.5, 0.6) is 0 Å². The molecule has 0 bridgehead atoms. The van der Waals surface area contributed by atoms with Gasteiger partial charge in [-0.25, -0.2) is 4.39 Å². The van der Waals surface area contributed by atoms with Crippen molar-refractivity contribution in [1.82, 2.24) is 5.32 Å². The number of carbonyl (C=O) groups is 1. The van der Waals surface area contributed by atoms with Gasteiger partial charge in [-0.1, -0.05) is 18.2 Å². The Kier molecular flexibility index (Phi) is 4.58. The first-order valence-corrected chi connectivity index (χ1v) is 6.74. The van der Waals surface area contributed by atoms with Crippen LogP contribution in [0, 0.1) is 19.7 Å². The molecule has 0 saturated heterocycles. The number of rotatable bonds is 4. The van der Waals surface area contributed by atoms with Crippen LogP contribution in [0.3, 0.4) is 0 Å². The van der Waals surface area contributed by atoms with Gasteiger partial charge in [-0.15, -0.1) is 0 Å². The van der Waals surface area contributed by atoms with Crippen molar-refractivity contribution in [3.8, 4) is 0 Å². The molecule has 1 heterocycles. The summed E-state index contributed by atoms with van der Waals surface area (Å²) in [6, 6.07) is 8.28. The van der Waals surface area contributed by atoms with Gasteiger partial charge in [0.05, 0.1) is 0 Å². The molecule has 0 saturated carbocycles. The van der Waals surface area contributed by atoms with Gasteiger partial charge in [-0.3, -0.25) is 4.79 Å². The second-order valence-electron chi connectivity index (χ2n) is 4.96. The first-order valence-electron chi connectivity index (χ1n) is 6.74. The van der Waals surface area contributed by atoms with Crippen molar-refractivity contribution in [3.05, 3.63) is 64.9 Å². The molecular formula is C17H18FNO2. The second-order valence-corrected chi connectivity index (χ2v) is 4.96. The van der Waals surface area contributed by atoms with Gasteiger partial charge in [0.15, 0.2) is 0 Å². The summed E-state index contributed by atoms with van der Waals surface area (Å²) in [6.07, 6.45) is 1.40. The number of benzene rings is 1. The Morgan fingerprint density at radius 2 is 2.05 bits per heavy atom. The van der Waals surface area contributed by atoms with Gasteiger partial charge < -0.3 is 9.73 Å². The fourth-order valence-corrected chi connectivity index (χ4v) is 2.15. The number of carbonyl (C=O) groups excluding carboxylic acids is 1. The van der Waals surface area contributed by atoms with E-state index in [4.69, 9.17) is 4.42 Å². The number of aryl methyl sites for hydroxylation is 2. The van der Waals surface area contributed by atoms with E-state index in [1.165, 1.54) is 12.1 Å². The van der Waals surface area contributed by atoms with Crippen molar-refractivity contribution in [2.45, 2.75) is 27.3 Å². The lowest BCUT2D eigenvalue weighted by Crippen LogP contribution is -2.20. The van der Waals surface area contributed by atoms with Gasteiger partial charge in [-0.05, 0) is 38.5 Å². The molecule has 1 N–H and O–H groups in total. The van der Waals surface area contributed by atoms with E-state index < -0.39 is 0 Å². The van der Waals surface area contributed by atoms with Crippen molar-refractivity contribution >= 4 is 11.5 Å². The van der Waals surface area contributed by atoms with E-state index >= 15 is 0 Å². The number of furan rings is 1. The van der Waals surface area contributed by atoms with Crippen LogP contribution in [0.4, 0.5) is 4.39 Å². The summed E-state index contributed by atoms with van der Waals surface area (Å²) in [6.45, 7) is 5.82. The molecule has 1 aromatic heterocycles. The molecule has 0 aliphatic carbocycles. The smallest absolute Gasteiger partial charge is 0.244 e. The van der Waals surface area contributed by atoms with Crippen molar-refractivity contribution in [2.24, 2.45) is 0 Å². The normalized spacial score (nSPS) is 11.5. The molecular weight excluding hydrogens is 269 g/mol. The van der Waals surface area contributed by atoms with Crippen LogP contribution in [0.2, 0.25) is 0 Å². The average molecular weight is 287 g/mol. The molecule has 0 spiro atoms. The standard InChI is InChI=1S/C17H18FNO2/c1-11(15-6-4-5-7-16(15)18)8-17(20)19-10-14-9-12(2)21-13(14)3/h4-9H,10H2,1-3H3,(H,19,20)/b11-8-. The molecule has 0 atom stereocenters. The Bertz CT molecular complexity index is 686. The third kappa shape index (κ3) is 3.81. The Morgan fingerprint density at radius 3 is 2.67 bits per heavy atom. The molecule has 21 heavy (non-hydrogen) atoms. The van der Waals surface area contributed by atoms with Crippen molar-refractivity contribution in [2.75, 3.05) is 0 Å². The molecule has 2 aromatic rings. The Morgan fingerprint density at radius 1 is 1.33 bits per heavy atom. The lowest BCUT2D eigenvalue weighted by Gasteiger charge is -2.04. The minimum absolute atomic E-state index is 0.256. The summed E-state index contributed by atoms with van der Waals surface area (Å²) in [5.41, 5.74) is 1.96. The summed E-state index contributed by atoms with van der Waals surface area (Å²) in [5, 5.41) is 2.78. The van der Waals surface area contributed by atoms with Crippen molar-refractivity contribution < 1.29 is 13.6 Å². The van der Waals surface area contributed by atoms with Gasteiger partial charge in [0.1, 0.15) is 17.3 Å². The molecule has 0 unspecified atom stereocenters. The van der Waals surface area contributed by atoms with E-state index in [2.05, 4.69) is 5.32 Å². The molecule has 3 nitrogen and oxygen atoms in total. The van der Waals surface area contributed by atoms with Gasteiger partial charge in [0, 0.05) is 23.7 Å². The van der Waals surface area contributed by atoms with E-state index in [0.717, 1.165) is 17.1 Å². The zero-order chi connectivity index (χ0) is 15.4. The van der Waals surface area contributed by atoms with Gasteiger partial charge >= 0.3 is 0 Å². The molecule has 4 heteroatoms. The summed E-state index contributed by atoms with van der Waals surface area (Å²) < 4.78 is 19.0. The predicted octanol–water partition coefficient (Wildman–Crippen LogP) is 3.76. The quantitative estimate of drug-likeness (QED) is 0.870. The summed E-state index contributed by atoms with van der Waals surface area (Å²) in [5.74, 6) is 1.02. The fraction of sp³-hybridized carbons (Fsp3) is 0.235. The number of nitrogens with one attached hydrogen (secondary N) is 1. The van der Waals surface area contributed by atoms with Crippen LogP contribution < -0.4 is 5.32 Å². The minimum Gasteiger partial charge on any atom is -0.466 e. The maximum Gasteiger partial charge on any atom is 0.244 e. The zero-order valence-electron chi connectivity index (χ0n) is 12.4. The van der Waals surface area contributed by atoms with Crippen LogP contribution in [-0.2, 0) is 11.3 Å².